The van der Waals surface area contributed by atoms with Gasteiger partial charge in [0.2, 0.25) is 0 Å². The molecule has 16 heavy (non-hydrogen) atoms. The number of fused-ring (bicyclic) bond motifs is 1. The summed E-state index contributed by atoms with van der Waals surface area (Å²) in [6.07, 6.45) is 4.65. The van der Waals surface area contributed by atoms with E-state index in [0.717, 1.165) is 6.54 Å². The Hall–Kier alpha value is -1.28. The van der Waals surface area contributed by atoms with E-state index >= 15 is 0 Å². The number of H-pyrrole nitrogens is 1. The largest absolute Gasteiger partial charge is 0.361 e. The van der Waals surface area contributed by atoms with Gasteiger partial charge in [0.25, 0.3) is 0 Å². The van der Waals surface area contributed by atoms with Crippen LogP contribution in [0.3, 0.4) is 0 Å². The van der Waals surface area contributed by atoms with E-state index in [1.54, 1.807) is 0 Å². The molecule has 1 aromatic heterocycles. The van der Waals surface area contributed by atoms with Crippen molar-refractivity contribution in [1.29, 1.82) is 0 Å². The van der Waals surface area contributed by atoms with E-state index in [9.17, 15) is 0 Å². The number of nitrogens with one attached hydrogen (secondary N) is 2. The van der Waals surface area contributed by atoms with Gasteiger partial charge in [-0.1, -0.05) is 6.07 Å². The molecular formula is C14H18N2. The normalized spacial score (nSPS) is 21.4. The van der Waals surface area contributed by atoms with Crippen molar-refractivity contribution in [3.8, 4) is 0 Å². The monoisotopic (exact) mass is 214 g/mol. The average molecular weight is 214 g/mol. The van der Waals surface area contributed by atoms with Crippen LogP contribution in [0.1, 0.15) is 29.9 Å². The number of hydrogen-bond donors (Lipinski definition) is 2. The Labute approximate surface area is 96.1 Å². The lowest BCUT2D eigenvalue weighted by Crippen LogP contribution is -2.28. The molecule has 2 N–H and O–H groups in total. The van der Waals surface area contributed by atoms with Gasteiger partial charge in [-0.15, -0.1) is 0 Å². The Kier molecular flexibility index (Phi) is 2.44. The molecule has 0 spiro atoms. The minimum Gasteiger partial charge on any atom is -0.361 e. The summed E-state index contributed by atoms with van der Waals surface area (Å²) in [7, 11) is 0. The molecule has 2 aromatic rings. The summed E-state index contributed by atoms with van der Waals surface area (Å²) < 4.78 is 0. The minimum absolute atomic E-state index is 0.701. The zero-order valence-electron chi connectivity index (χ0n) is 9.72. The number of aryl methyl sites for hydroxylation is 1. The van der Waals surface area contributed by atoms with Gasteiger partial charge in [-0.2, -0.15) is 0 Å². The number of aromatic amines is 1. The Balaban J connectivity index is 2.02. The van der Waals surface area contributed by atoms with Crippen molar-refractivity contribution in [2.75, 3.05) is 13.1 Å². The molecule has 1 atom stereocenters. The van der Waals surface area contributed by atoms with Crippen LogP contribution in [0.25, 0.3) is 10.9 Å². The highest BCUT2D eigenvalue weighted by atomic mass is 14.9. The summed E-state index contributed by atoms with van der Waals surface area (Å²) in [5, 5.41) is 4.83. The summed E-state index contributed by atoms with van der Waals surface area (Å²) in [6, 6.07) is 6.86. The Bertz CT molecular complexity index is 492. The molecule has 2 nitrogen and oxygen atoms in total. The van der Waals surface area contributed by atoms with Crippen molar-refractivity contribution >= 4 is 10.9 Å². The van der Waals surface area contributed by atoms with E-state index in [2.05, 4.69) is 35.4 Å². The van der Waals surface area contributed by atoms with Crippen LogP contribution in [0, 0.1) is 6.92 Å². The van der Waals surface area contributed by atoms with E-state index < -0.39 is 0 Å². The molecular weight excluding hydrogens is 196 g/mol. The zero-order chi connectivity index (χ0) is 11.0. The second kappa shape index (κ2) is 3.95. The van der Waals surface area contributed by atoms with Crippen LogP contribution in [0.4, 0.5) is 0 Å². The van der Waals surface area contributed by atoms with Crippen LogP contribution in [0.5, 0.6) is 0 Å². The molecule has 0 saturated carbocycles. The minimum atomic E-state index is 0.701. The molecule has 1 aliphatic rings. The summed E-state index contributed by atoms with van der Waals surface area (Å²) in [6.45, 7) is 4.51. The lowest BCUT2D eigenvalue weighted by molar-refractivity contribution is 0.462. The van der Waals surface area contributed by atoms with Crippen molar-refractivity contribution in [3.63, 3.8) is 0 Å². The van der Waals surface area contributed by atoms with Crippen LogP contribution in [0.15, 0.2) is 24.4 Å². The van der Waals surface area contributed by atoms with Crippen molar-refractivity contribution < 1.29 is 0 Å². The van der Waals surface area contributed by atoms with Crippen molar-refractivity contribution in [1.82, 2.24) is 10.3 Å². The quantitative estimate of drug-likeness (QED) is 0.750. The molecule has 1 fully saturated rings. The highest BCUT2D eigenvalue weighted by Gasteiger charge is 2.16. The molecule has 0 aliphatic carbocycles. The molecule has 1 unspecified atom stereocenters. The predicted molar refractivity (Wildman–Crippen MR) is 67.9 cm³/mol. The van der Waals surface area contributed by atoms with Gasteiger partial charge in [-0.25, -0.2) is 0 Å². The third-order valence-electron chi connectivity index (χ3n) is 3.65. The summed E-state index contributed by atoms with van der Waals surface area (Å²) in [4.78, 5) is 3.30. The van der Waals surface area contributed by atoms with Crippen LogP contribution in [0.2, 0.25) is 0 Å². The zero-order valence-corrected chi connectivity index (χ0v) is 9.72. The maximum Gasteiger partial charge on any atom is 0.0483 e. The molecule has 3 rings (SSSR count). The van der Waals surface area contributed by atoms with Gasteiger partial charge in [0.1, 0.15) is 0 Å². The third-order valence-corrected chi connectivity index (χ3v) is 3.65. The Morgan fingerprint density at radius 3 is 3.06 bits per heavy atom. The predicted octanol–water partition coefficient (Wildman–Crippen LogP) is 2.94. The number of hydrogen-bond acceptors (Lipinski definition) is 1. The van der Waals surface area contributed by atoms with Crippen molar-refractivity contribution in [2.45, 2.75) is 25.7 Å². The maximum atomic E-state index is 3.49. The van der Waals surface area contributed by atoms with Crippen LogP contribution < -0.4 is 5.32 Å². The highest BCUT2D eigenvalue weighted by molar-refractivity contribution is 5.83. The molecule has 0 amide bonds. The molecule has 84 valence electrons. The lowest BCUT2D eigenvalue weighted by Gasteiger charge is -2.23. The topological polar surface area (TPSA) is 27.8 Å². The molecule has 1 aromatic carbocycles. The second-order valence-electron chi connectivity index (χ2n) is 4.82. The first-order valence-electron chi connectivity index (χ1n) is 6.13. The van der Waals surface area contributed by atoms with Crippen LogP contribution in [-0.2, 0) is 0 Å². The van der Waals surface area contributed by atoms with Gasteiger partial charge in [-0.3, -0.25) is 0 Å². The SMILES string of the molecule is Cc1cc(C2CCCNC2)cc2cc[nH]c12. The number of benzene rings is 1. The molecule has 0 radical (unpaired) electrons. The van der Waals surface area contributed by atoms with E-state index in [1.807, 2.05) is 6.20 Å². The Morgan fingerprint density at radius 1 is 1.31 bits per heavy atom. The summed E-state index contributed by atoms with van der Waals surface area (Å²) in [5.41, 5.74) is 4.15. The summed E-state index contributed by atoms with van der Waals surface area (Å²) >= 11 is 0. The third kappa shape index (κ3) is 1.63. The van der Waals surface area contributed by atoms with Gasteiger partial charge in [-0.05, 0) is 60.9 Å². The molecule has 2 heterocycles. The van der Waals surface area contributed by atoms with Gasteiger partial charge in [0, 0.05) is 18.3 Å². The fourth-order valence-electron chi connectivity index (χ4n) is 2.76. The molecule has 1 aliphatic heterocycles. The highest BCUT2D eigenvalue weighted by Crippen LogP contribution is 2.28. The van der Waals surface area contributed by atoms with Gasteiger partial charge in [0.05, 0.1) is 0 Å². The number of piperidine rings is 1. The fourth-order valence-corrected chi connectivity index (χ4v) is 2.76. The first-order valence-corrected chi connectivity index (χ1v) is 6.13. The molecule has 0 bridgehead atoms. The number of aromatic nitrogens is 1. The molecule has 1 saturated heterocycles. The summed E-state index contributed by atoms with van der Waals surface area (Å²) in [5.74, 6) is 0.701. The molecule has 2 heteroatoms. The standard InChI is InChI=1S/C14H18N2/c1-10-7-13(12-3-2-5-15-9-12)8-11-4-6-16-14(10)11/h4,6-8,12,15-16H,2-3,5,9H2,1H3. The number of rotatable bonds is 1. The van der Waals surface area contributed by atoms with E-state index in [4.69, 9.17) is 0 Å². The first-order chi connectivity index (χ1) is 7.84. The fraction of sp³-hybridized carbons (Fsp3) is 0.429. The van der Waals surface area contributed by atoms with E-state index in [1.165, 1.54) is 41.4 Å². The lowest BCUT2D eigenvalue weighted by atomic mass is 9.90. The van der Waals surface area contributed by atoms with Crippen LogP contribution in [-0.4, -0.2) is 18.1 Å². The maximum absolute atomic E-state index is 3.49. The average Bonchev–Trinajstić information content (AvgIpc) is 2.79. The van der Waals surface area contributed by atoms with Crippen molar-refractivity contribution in [2.24, 2.45) is 0 Å². The van der Waals surface area contributed by atoms with E-state index in [0.29, 0.717) is 5.92 Å². The first kappa shape index (κ1) is 9.91. The Morgan fingerprint density at radius 2 is 2.25 bits per heavy atom. The van der Waals surface area contributed by atoms with E-state index in [-0.39, 0.29) is 0 Å². The van der Waals surface area contributed by atoms with Gasteiger partial charge >= 0.3 is 0 Å². The van der Waals surface area contributed by atoms with Gasteiger partial charge in [0.15, 0.2) is 0 Å². The van der Waals surface area contributed by atoms with Crippen LogP contribution >= 0.6 is 0 Å². The smallest absolute Gasteiger partial charge is 0.0483 e. The second-order valence-corrected chi connectivity index (χ2v) is 4.82. The van der Waals surface area contributed by atoms with Gasteiger partial charge < -0.3 is 10.3 Å². The van der Waals surface area contributed by atoms with Crippen molar-refractivity contribution in [3.05, 3.63) is 35.5 Å².